The number of hydrogen-bond acceptors (Lipinski definition) is 2. The minimum absolute atomic E-state index is 0. The van der Waals surface area contributed by atoms with Crippen LogP contribution < -0.4 is 10.6 Å². The van der Waals surface area contributed by atoms with E-state index in [2.05, 4.69) is 57.5 Å². The SMILES string of the molecule is CCNC(=NCc1ccc(Br)s1)NC1CC1C.I. The summed E-state index contributed by atoms with van der Waals surface area (Å²) < 4.78 is 1.16. The van der Waals surface area contributed by atoms with Crippen LogP contribution in [0.15, 0.2) is 20.9 Å². The second-order valence-electron chi connectivity index (χ2n) is 4.36. The Hall–Kier alpha value is 0.180. The zero-order valence-electron chi connectivity index (χ0n) is 10.6. The Bertz CT molecular complexity index is 408. The van der Waals surface area contributed by atoms with Gasteiger partial charge in [0.25, 0.3) is 0 Å². The summed E-state index contributed by atoms with van der Waals surface area (Å²) in [4.78, 5) is 5.87. The maximum atomic E-state index is 4.60. The summed E-state index contributed by atoms with van der Waals surface area (Å²) in [5.41, 5.74) is 0. The molecule has 0 spiro atoms. The second kappa shape index (κ2) is 7.69. The fraction of sp³-hybridized carbons (Fsp3) is 0.583. The maximum absolute atomic E-state index is 4.60. The van der Waals surface area contributed by atoms with Gasteiger partial charge >= 0.3 is 0 Å². The number of guanidine groups is 1. The van der Waals surface area contributed by atoms with Crippen molar-refractivity contribution in [2.24, 2.45) is 10.9 Å². The Labute approximate surface area is 138 Å². The van der Waals surface area contributed by atoms with Crippen LogP contribution in [0.4, 0.5) is 0 Å². The predicted molar refractivity (Wildman–Crippen MR) is 93.0 cm³/mol. The number of aliphatic imine (C=N–C) groups is 1. The molecule has 1 aromatic rings. The molecule has 102 valence electrons. The summed E-state index contributed by atoms with van der Waals surface area (Å²) in [6.07, 6.45) is 1.26. The molecule has 1 saturated carbocycles. The lowest BCUT2D eigenvalue weighted by molar-refractivity contribution is 0.767. The van der Waals surface area contributed by atoms with E-state index in [4.69, 9.17) is 0 Å². The first kappa shape index (κ1) is 16.2. The van der Waals surface area contributed by atoms with Crippen LogP contribution in [0.3, 0.4) is 0 Å². The van der Waals surface area contributed by atoms with Crippen molar-refractivity contribution in [3.8, 4) is 0 Å². The molecule has 3 nitrogen and oxygen atoms in total. The highest BCUT2D eigenvalue weighted by Crippen LogP contribution is 2.28. The van der Waals surface area contributed by atoms with Crippen LogP contribution >= 0.6 is 51.2 Å². The molecule has 1 fully saturated rings. The summed E-state index contributed by atoms with van der Waals surface area (Å²) in [6.45, 7) is 6.00. The highest BCUT2D eigenvalue weighted by atomic mass is 127. The van der Waals surface area contributed by atoms with Crippen molar-refractivity contribution in [2.75, 3.05) is 6.54 Å². The van der Waals surface area contributed by atoms with Gasteiger partial charge in [0, 0.05) is 17.5 Å². The van der Waals surface area contributed by atoms with Gasteiger partial charge in [-0.3, -0.25) is 0 Å². The molecular weight excluding hydrogens is 425 g/mol. The number of thiophene rings is 1. The fourth-order valence-corrected chi connectivity index (χ4v) is 3.02. The quantitative estimate of drug-likeness (QED) is 0.423. The molecule has 0 saturated heterocycles. The molecule has 0 aliphatic heterocycles. The van der Waals surface area contributed by atoms with Gasteiger partial charge in [-0.1, -0.05) is 6.92 Å². The van der Waals surface area contributed by atoms with Crippen LogP contribution in [0.2, 0.25) is 0 Å². The third-order valence-electron chi connectivity index (χ3n) is 2.80. The second-order valence-corrected chi connectivity index (χ2v) is 6.91. The molecule has 0 aromatic carbocycles. The minimum atomic E-state index is 0. The number of hydrogen-bond donors (Lipinski definition) is 2. The van der Waals surface area contributed by atoms with Crippen molar-refractivity contribution in [1.82, 2.24) is 10.6 Å². The normalized spacial score (nSPS) is 22.3. The van der Waals surface area contributed by atoms with Gasteiger partial charge in [0.05, 0.1) is 10.3 Å². The van der Waals surface area contributed by atoms with E-state index in [1.165, 1.54) is 11.3 Å². The number of halogens is 2. The third-order valence-corrected chi connectivity index (χ3v) is 4.41. The summed E-state index contributed by atoms with van der Waals surface area (Å²) in [5.74, 6) is 1.72. The zero-order valence-corrected chi connectivity index (χ0v) is 15.3. The molecule has 2 rings (SSSR count). The summed E-state index contributed by atoms with van der Waals surface area (Å²) >= 11 is 5.20. The van der Waals surface area contributed by atoms with E-state index in [1.807, 2.05) is 0 Å². The molecule has 2 N–H and O–H groups in total. The molecule has 0 amide bonds. The smallest absolute Gasteiger partial charge is 0.191 e. The van der Waals surface area contributed by atoms with Gasteiger partial charge < -0.3 is 10.6 Å². The summed E-state index contributed by atoms with van der Waals surface area (Å²) in [5, 5.41) is 6.73. The lowest BCUT2D eigenvalue weighted by Crippen LogP contribution is -2.39. The Morgan fingerprint density at radius 1 is 1.56 bits per heavy atom. The fourth-order valence-electron chi connectivity index (χ4n) is 1.61. The lowest BCUT2D eigenvalue weighted by Gasteiger charge is -2.10. The third kappa shape index (κ3) is 5.05. The first-order valence-electron chi connectivity index (χ1n) is 5.98. The number of nitrogens with zero attached hydrogens (tertiary/aromatic N) is 1. The van der Waals surface area contributed by atoms with Crippen molar-refractivity contribution in [2.45, 2.75) is 32.9 Å². The van der Waals surface area contributed by atoms with Crippen LogP contribution in [-0.2, 0) is 6.54 Å². The zero-order chi connectivity index (χ0) is 12.3. The van der Waals surface area contributed by atoms with Crippen LogP contribution in [0, 0.1) is 5.92 Å². The summed E-state index contributed by atoms with van der Waals surface area (Å²) in [6, 6.07) is 4.79. The molecule has 2 atom stereocenters. The largest absolute Gasteiger partial charge is 0.357 e. The van der Waals surface area contributed by atoms with E-state index in [1.54, 1.807) is 11.3 Å². The van der Waals surface area contributed by atoms with Gasteiger partial charge in [0.2, 0.25) is 0 Å². The number of nitrogens with one attached hydrogen (secondary N) is 2. The van der Waals surface area contributed by atoms with Crippen molar-refractivity contribution >= 4 is 57.2 Å². The average Bonchev–Trinajstić information content (AvgIpc) is 2.81. The van der Waals surface area contributed by atoms with Crippen molar-refractivity contribution in [3.05, 3.63) is 20.8 Å². The predicted octanol–water partition coefficient (Wildman–Crippen LogP) is 3.59. The van der Waals surface area contributed by atoms with E-state index in [0.29, 0.717) is 6.04 Å². The molecule has 1 aliphatic rings. The molecule has 6 heteroatoms. The van der Waals surface area contributed by atoms with Gasteiger partial charge in [-0.05, 0) is 47.3 Å². The van der Waals surface area contributed by atoms with E-state index in [9.17, 15) is 0 Å². The van der Waals surface area contributed by atoms with Crippen LogP contribution in [-0.4, -0.2) is 18.5 Å². The van der Waals surface area contributed by atoms with E-state index in [0.717, 1.165) is 28.8 Å². The van der Waals surface area contributed by atoms with Gasteiger partial charge in [0.15, 0.2) is 5.96 Å². The first-order chi connectivity index (χ1) is 8.19. The van der Waals surface area contributed by atoms with Crippen molar-refractivity contribution in [1.29, 1.82) is 0 Å². The van der Waals surface area contributed by atoms with Gasteiger partial charge in [0.1, 0.15) is 0 Å². The van der Waals surface area contributed by atoms with Gasteiger partial charge in [-0.15, -0.1) is 35.3 Å². The van der Waals surface area contributed by atoms with Crippen molar-refractivity contribution in [3.63, 3.8) is 0 Å². The Morgan fingerprint density at radius 2 is 2.28 bits per heavy atom. The van der Waals surface area contributed by atoms with E-state index >= 15 is 0 Å². The molecule has 1 heterocycles. The maximum Gasteiger partial charge on any atom is 0.191 e. The van der Waals surface area contributed by atoms with E-state index in [-0.39, 0.29) is 24.0 Å². The molecule has 0 bridgehead atoms. The highest BCUT2D eigenvalue weighted by molar-refractivity contribution is 14.0. The Kier molecular flexibility index (Phi) is 6.94. The minimum Gasteiger partial charge on any atom is -0.357 e. The molecule has 18 heavy (non-hydrogen) atoms. The Morgan fingerprint density at radius 3 is 2.78 bits per heavy atom. The molecule has 0 radical (unpaired) electrons. The van der Waals surface area contributed by atoms with Crippen LogP contribution in [0.5, 0.6) is 0 Å². The first-order valence-corrected chi connectivity index (χ1v) is 7.59. The monoisotopic (exact) mass is 443 g/mol. The lowest BCUT2D eigenvalue weighted by atomic mass is 10.4. The van der Waals surface area contributed by atoms with Gasteiger partial charge in [-0.2, -0.15) is 0 Å². The molecule has 1 aliphatic carbocycles. The topological polar surface area (TPSA) is 36.4 Å². The number of rotatable bonds is 4. The van der Waals surface area contributed by atoms with Gasteiger partial charge in [-0.25, -0.2) is 4.99 Å². The molecule has 1 aromatic heterocycles. The van der Waals surface area contributed by atoms with E-state index < -0.39 is 0 Å². The van der Waals surface area contributed by atoms with Crippen LogP contribution in [0.1, 0.15) is 25.1 Å². The molecular formula is C12H19BrIN3S. The molecule has 2 unspecified atom stereocenters. The Balaban J connectivity index is 0.00000162. The van der Waals surface area contributed by atoms with Crippen LogP contribution in [0.25, 0.3) is 0 Å². The average molecular weight is 444 g/mol. The summed E-state index contributed by atoms with van der Waals surface area (Å²) in [7, 11) is 0. The highest BCUT2D eigenvalue weighted by Gasteiger charge is 2.33. The van der Waals surface area contributed by atoms with Crippen molar-refractivity contribution < 1.29 is 0 Å². The standard InChI is InChI=1S/C12H18BrN3S.HI/c1-3-14-12(16-10-6-8(10)2)15-7-9-4-5-11(13)17-9;/h4-5,8,10H,3,6-7H2,1-2H3,(H2,14,15,16);1H.